The van der Waals surface area contributed by atoms with E-state index in [2.05, 4.69) is 106 Å². The summed E-state index contributed by atoms with van der Waals surface area (Å²) in [7, 11) is 4.22. The largest absolute Gasteiger partial charge is 0.352 e. The van der Waals surface area contributed by atoms with Crippen molar-refractivity contribution >= 4 is 11.4 Å². The monoisotopic (exact) mass is 445 g/mol. The molecule has 1 aromatic heterocycles. The molecule has 0 spiro atoms. The molecule has 5 nitrogen and oxygen atoms in total. The van der Waals surface area contributed by atoms with Gasteiger partial charge in [0.2, 0.25) is 0 Å². The molecule has 0 N–H and O–H groups in total. The number of hydrogen-bond acceptors (Lipinski definition) is 4. The van der Waals surface area contributed by atoms with E-state index in [-0.39, 0.29) is 0 Å². The lowest BCUT2D eigenvalue weighted by atomic mass is 9.67. The normalized spacial score (nSPS) is 22.2. The van der Waals surface area contributed by atoms with E-state index in [4.69, 9.17) is 0 Å². The molecule has 3 atom stereocenters. The lowest BCUT2D eigenvalue weighted by molar-refractivity contribution is 0.398. The maximum Gasteiger partial charge on any atom is 0.158 e. The number of hydrogen-bond donors (Lipinski definition) is 0. The van der Waals surface area contributed by atoms with Crippen LogP contribution in [-0.2, 0) is 20.0 Å². The predicted molar refractivity (Wildman–Crippen MR) is 136 cm³/mol. The minimum atomic E-state index is 0.340. The number of aromatic nitrogens is 3. The van der Waals surface area contributed by atoms with Gasteiger partial charge in [0.1, 0.15) is 12.5 Å². The van der Waals surface area contributed by atoms with Crippen molar-refractivity contribution in [2.45, 2.75) is 25.0 Å². The van der Waals surface area contributed by atoms with Crippen LogP contribution in [0.3, 0.4) is 0 Å². The van der Waals surface area contributed by atoms with Crippen molar-refractivity contribution in [3.05, 3.63) is 107 Å². The fraction of sp³-hybridized carbons (Fsp3) is 0.241. The first-order valence-corrected chi connectivity index (χ1v) is 12.0. The summed E-state index contributed by atoms with van der Waals surface area (Å²) < 4.78 is 1.86. The Labute approximate surface area is 200 Å². The highest BCUT2D eigenvalue weighted by molar-refractivity contribution is 5.78. The van der Waals surface area contributed by atoms with E-state index in [9.17, 15) is 0 Å². The molecule has 0 bridgehead atoms. The van der Waals surface area contributed by atoms with Gasteiger partial charge in [0.05, 0.1) is 11.4 Å². The molecule has 168 valence electrons. The number of rotatable bonds is 3. The van der Waals surface area contributed by atoms with Gasteiger partial charge in [-0.05, 0) is 35.2 Å². The lowest BCUT2D eigenvalue weighted by Gasteiger charge is -2.44. The van der Waals surface area contributed by atoms with Gasteiger partial charge in [-0.1, -0.05) is 72.3 Å². The van der Waals surface area contributed by atoms with Crippen LogP contribution in [0.5, 0.6) is 0 Å². The van der Waals surface area contributed by atoms with Gasteiger partial charge in [0.25, 0.3) is 0 Å². The first kappa shape index (κ1) is 19.6. The first-order valence-electron chi connectivity index (χ1n) is 12.0. The first-order chi connectivity index (χ1) is 16.7. The number of anilines is 2. The van der Waals surface area contributed by atoms with Gasteiger partial charge in [-0.3, -0.25) is 0 Å². The third-order valence-corrected chi connectivity index (χ3v) is 7.92. The number of benzene rings is 3. The fourth-order valence-electron chi connectivity index (χ4n) is 6.37. The molecule has 2 aliphatic heterocycles. The molecule has 34 heavy (non-hydrogen) atoms. The van der Waals surface area contributed by atoms with E-state index in [1.54, 1.807) is 6.33 Å². The van der Waals surface area contributed by atoms with Crippen LogP contribution in [0.15, 0.2) is 90.8 Å². The van der Waals surface area contributed by atoms with Crippen molar-refractivity contribution in [2.75, 3.05) is 16.8 Å². The molecule has 0 fully saturated rings. The Bertz CT molecular complexity index is 1430. The van der Waals surface area contributed by atoms with Crippen LogP contribution in [0.4, 0.5) is 11.4 Å². The van der Waals surface area contributed by atoms with Crippen molar-refractivity contribution in [2.24, 2.45) is 13.0 Å². The molecule has 7 rings (SSSR count). The topological polar surface area (TPSA) is 37.2 Å². The number of nitrogens with zero attached hydrogens (tertiary/aromatic N) is 5. The van der Waals surface area contributed by atoms with Gasteiger partial charge in [-0.25, -0.2) is 9.67 Å². The van der Waals surface area contributed by atoms with Gasteiger partial charge < -0.3 is 9.80 Å². The fourth-order valence-corrected chi connectivity index (χ4v) is 6.37. The second-order valence-corrected chi connectivity index (χ2v) is 9.68. The maximum absolute atomic E-state index is 4.53. The summed E-state index contributed by atoms with van der Waals surface area (Å²) in [6.07, 6.45) is 5.45. The zero-order valence-corrected chi connectivity index (χ0v) is 19.5. The molecule has 0 amide bonds. The minimum absolute atomic E-state index is 0.340. The summed E-state index contributed by atoms with van der Waals surface area (Å²) in [5.41, 5.74) is 9.60. The zero-order chi connectivity index (χ0) is 22.8. The highest BCUT2D eigenvalue weighted by Gasteiger charge is 2.49. The Morgan fingerprint density at radius 3 is 2.50 bits per heavy atom. The molecule has 3 heterocycles. The third-order valence-electron chi connectivity index (χ3n) is 7.92. The summed E-state index contributed by atoms with van der Waals surface area (Å²) in [6.45, 7) is 0.950. The van der Waals surface area contributed by atoms with E-state index in [1.807, 2.05) is 11.7 Å². The van der Waals surface area contributed by atoms with Crippen LogP contribution < -0.4 is 9.80 Å². The molecule has 5 heteroatoms. The summed E-state index contributed by atoms with van der Waals surface area (Å²) in [4.78, 5) is 9.62. The molecular weight excluding hydrogens is 418 g/mol. The molecule has 0 saturated heterocycles. The zero-order valence-electron chi connectivity index (χ0n) is 19.5. The summed E-state index contributed by atoms with van der Waals surface area (Å²) in [5.74, 6) is 1.80. The second-order valence-electron chi connectivity index (χ2n) is 9.68. The summed E-state index contributed by atoms with van der Waals surface area (Å²) in [5, 5.41) is 4.30. The van der Waals surface area contributed by atoms with Crippen LogP contribution in [0, 0.1) is 5.92 Å². The predicted octanol–water partition coefficient (Wildman–Crippen LogP) is 5.16. The number of fused-ring (bicyclic) bond motifs is 7. The highest BCUT2D eigenvalue weighted by Crippen LogP contribution is 2.54. The maximum atomic E-state index is 4.53. The van der Waals surface area contributed by atoms with Crippen LogP contribution in [0.1, 0.15) is 22.6 Å². The van der Waals surface area contributed by atoms with E-state index in [0.717, 1.165) is 18.8 Å². The van der Waals surface area contributed by atoms with Crippen molar-refractivity contribution in [1.82, 2.24) is 14.8 Å². The Balaban J connectivity index is 1.31. The van der Waals surface area contributed by atoms with Crippen LogP contribution >= 0.6 is 0 Å². The SMILES string of the molecule is CN1c2ccccc2N2Cc3ccccc3C3C(Cc4ccccc4-c4ncnn4C)=CC3C12. The van der Waals surface area contributed by atoms with E-state index < -0.39 is 0 Å². The van der Waals surface area contributed by atoms with Gasteiger partial charge in [-0.2, -0.15) is 5.10 Å². The quantitative estimate of drug-likeness (QED) is 0.408. The molecule has 0 saturated carbocycles. The summed E-state index contributed by atoms with van der Waals surface area (Å²) in [6, 6.07) is 26.5. The van der Waals surface area contributed by atoms with E-state index in [1.165, 1.54) is 39.2 Å². The molecule has 0 radical (unpaired) electrons. The van der Waals surface area contributed by atoms with Gasteiger partial charge in [-0.15, -0.1) is 0 Å². The molecule has 1 aliphatic carbocycles. The van der Waals surface area contributed by atoms with Crippen molar-refractivity contribution < 1.29 is 0 Å². The van der Waals surface area contributed by atoms with E-state index >= 15 is 0 Å². The van der Waals surface area contributed by atoms with Crippen LogP contribution in [0.25, 0.3) is 11.4 Å². The molecule has 3 aliphatic rings. The smallest absolute Gasteiger partial charge is 0.158 e. The standard InChI is InChI=1S/C29H27N5/c1-32-25-13-7-8-14-26(25)34-17-20-10-4-5-11-22(20)27-21(16-24(27)29(32)34)15-19-9-3-6-12-23(19)28-30-18-31-33(28)2/h3-14,16,18,24,27,29H,15,17H2,1-2H3. The molecule has 4 aromatic rings. The molecule has 3 aromatic carbocycles. The molecule has 3 unspecified atom stereocenters. The highest BCUT2D eigenvalue weighted by atomic mass is 15.4. The second kappa shape index (κ2) is 7.32. The minimum Gasteiger partial charge on any atom is -0.352 e. The molecular formula is C29H27N5. The Morgan fingerprint density at radius 2 is 1.65 bits per heavy atom. The van der Waals surface area contributed by atoms with Gasteiger partial charge >= 0.3 is 0 Å². The Morgan fingerprint density at radius 1 is 0.882 bits per heavy atom. The number of para-hydroxylation sites is 2. The van der Waals surface area contributed by atoms with Crippen molar-refractivity contribution in [3.63, 3.8) is 0 Å². The average Bonchev–Trinajstić information content (AvgIpc) is 3.36. The Kier molecular flexibility index (Phi) is 4.22. The van der Waals surface area contributed by atoms with Crippen LogP contribution in [-0.4, -0.2) is 28.0 Å². The van der Waals surface area contributed by atoms with Crippen molar-refractivity contribution in [3.8, 4) is 11.4 Å². The third kappa shape index (κ3) is 2.73. The summed E-state index contributed by atoms with van der Waals surface area (Å²) >= 11 is 0. The van der Waals surface area contributed by atoms with Crippen molar-refractivity contribution in [1.29, 1.82) is 0 Å². The van der Waals surface area contributed by atoms with Crippen LogP contribution in [0.2, 0.25) is 0 Å². The van der Waals surface area contributed by atoms with Gasteiger partial charge in [0, 0.05) is 38.0 Å². The average molecular weight is 446 g/mol. The van der Waals surface area contributed by atoms with E-state index in [0.29, 0.717) is 18.0 Å². The number of aryl methyl sites for hydroxylation is 1. The van der Waals surface area contributed by atoms with Gasteiger partial charge in [0.15, 0.2) is 5.82 Å². The Hall–Kier alpha value is -3.86. The lowest BCUT2D eigenvalue weighted by Crippen LogP contribution is -2.49. The number of allylic oxidation sites excluding steroid dienone is 1.